The quantitative estimate of drug-likeness (QED) is 0.746. The van der Waals surface area contributed by atoms with Gasteiger partial charge in [0.25, 0.3) is 10.0 Å². The fourth-order valence-corrected chi connectivity index (χ4v) is 2.79. The number of imidazole rings is 1. The van der Waals surface area contributed by atoms with Gasteiger partial charge < -0.3 is 10.1 Å². The summed E-state index contributed by atoms with van der Waals surface area (Å²) in [6.07, 6.45) is 1.22. The largest absolute Gasteiger partial charge is 0.384 e. The van der Waals surface area contributed by atoms with Gasteiger partial charge in [-0.15, -0.1) is 0 Å². The van der Waals surface area contributed by atoms with Crippen LogP contribution in [0, 0.1) is 18.8 Å². The molecule has 0 saturated carbocycles. The highest BCUT2D eigenvalue weighted by molar-refractivity contribution is 7.92. The number of hydrogen-bond donors (Lipinski definition) is 3. The highest BCUT2D eigenvalue weighted by atomic mass is 35.5. The average Bonchev–Trinajstić information content (AvgIpc) is 2.85. The Morgan fingerprint density at radius 3 is 2.86 bits per heavy atom. The van der Waals surface area contributed by atoms with Gasteiger partial charge in [-0.3, -0.25) is 4.72 Å². The number of nitrogens with zero attached hydrogens (tertiary/aromatic N) is 1. The van der Waals surface area contributed by atoms with Gasteiger partial charge in [-0.05, 0) is 25.1 Å². The summed E-state index contributed by atoms with van der Waals surface area (Å²) in [6, 6.07) is 4.60. The van der Waals surface area contributed by atoms with Crippen LogP contribution < -0.4 is 4.72 Å². The Balaban J connectivity index is 2.41. The maximum Gasteiger partial charge on any atom is 0.279 e. The average molecular weight is 326 g/mol. The van der Waals surface area contributed by atoms with Gasteiger partial charge in [0, 0.05) is 10.6 Å². The number of aromatic amines is 1. The number of aryl methyl sites for hydroxylation is 1. The summed E-state index contributed by atoms with van der Waals surface area (Å²) in [5, 5.41) is 9.04. The standard InChI is InChI=1S/C13H12ClN3O3S/c1-9-15-8-13(16-9)21(19,20)17-12-7-11(14)5-4-10(12)3-2-6-18/h4-5,7-8,17-18H,6H2,1H3,(H,15,16). The number of benzene rings is 1. The van der Waals surface area contributed by atoms with E-state index in [4.69, 9.17) is 16.7 Å². The van der Waals surface area contributed by atoms with Crippen molar-refractivity contribution in [3.8, 4) is 11.8 Å². The maximum atomic E-state index is 12.2. The van der Waals surface area contributed by atoms with E-state index in [-0.39, 0.29) is 17.3 Å². The van der Waals surface area contributed by atoms with E-state index in [0.29, 0.717) is 16.4 Å². The lowest BCUT2D eigenvalue weighted by Crippen LogP contribution is -2.14. The lowest BCUT2D eigenvalue weighted by molar-refractivity contribution is 0.350. The first-order valence-electron chi connectivity index (χ1n) is 5.86. The third-order valence-electron chi connectivity index (χ3n) is 2.50. The van der Waals surface area contributed by atoms with Crippen LogP contribution in [-0.2, 0) is 10.0 Å². The van der Waals surface area contributed by atoms with Crippen molar-refractivity contribution in [2.24, 2.45) is 0 Å². The molecule has 8 heteroatoms. The van der Waals surface area contributed by atoms with Crippen LogP contribution in [0.4, 0.5) is 5.69 Å². The number of hydrogen-bond acceptors (Lipinski definition) is 4. The highest BCUT2D eigenvalue weighted by Gasteiger charge is 2.18. The van der Waals surface area contributed by atoms with E-state index >= 15 is 0 Å². The molecular formula is C13H12ClN3O3S. The molecule has 0 radical (unpaired) electrons. The summed E-state index contributed by atoms with van der Waals surface area (Å²) in [6.45, 7) is 1.32. The van der Waals surface area contributed by atoms with Crippen molar-refractivity contribution in [1.82, 2.24) is 9.97 Å². The van der Waals surface area contributed by atoms with Crippen molar-refractivity contribution in [2.45, 2.75) is 11.9 Å². The first kappa shape index (κ1) is 15.4. The molecule has 1 aromatic carbocycles. The zero-order valence-electron chi connectivity index (χ0n) is 11.0. The van der Waals surface area contributed by atoms with E-state index < -0.39 is 10.0 Å². The zero-order chi connectivity index (χ0) is 15.5. The van der Waals surface area contributed by atoms with Crippen LogP contribution in [0.25, 0.3) is 0 Å². The molecular weight excluding hydrogens is 314 g/mol. The molecule has 1 heterocycles. The molecule has 6 nitrogen and oxygen atoms in total. The number of halogens is 1. The molecule has 0 unspecified atom stereocenters. The Bertz CT molecular complexity index is 819. The molecule has 2 aromatic rings. The summed E-state index contributed by atoms with van der Waals surface area (Å²) in [7, 11) is -3.81. The number of aromatic nitrogens is 2. The monoisotopic (exact) mass is 325 g/mol. The molecule has 0 amide bonds. The van der Waals surface area contributed by atoms with E-state index in [2.05, 4.69) is 26.5 Å². The van der Waals surface area contributed by atoms with Crippen LogP contribution in [0.5, 0.6) is 0 Å². The first-order valence-corrected chi connectivity index (χ1v) is 7.72. The Labute approximate surface area is 127 Å². The smallest absolute Gasteiger partial charge is 0.279 e. The lowest BCUT2D eigenvalue weighted by Gasteiger charge is -2.09. The summed E-state index contributed by atoms with van der Waals surface area (Å²) in [4.78, 5) is 6.50. The van der Waals surface area contributed by atoms with Crippen molar-refractivity contribution in [3.63, 3.8) is 0 Å². The third-order valence-corrected chi connectivity index (χ3v) is 4.01. The molecule has 3 N–H and O–H groups in total. The molecule has 110 valence electrons. The van der Waals surface area contributed by atoms with Crippen molar-refractivity contribution >= 4 is 27.3 Å². The molecule has 0 bridgehead atoms. The SMILES string of the molecule is Cc1ncc(S(=O)(=O)Nc2cc(Cl)ccc2C#CCO)[nH]1. The molecule has 0 atom stereocenters. The van der Waals surface area contributed by atoms with E-state index in [1.54, 1.807) is 19.1 Å². The zero-order valence-corrected chi connectivity index (χ0v) is 12.6. The number of rotatable bonds is 3. The van der Waals surface area contributed by atoms with Crippen LogP contribution >= 0.6 is 11.6 Å². The molecule has 0 aliphatic carbocycles. The minimum atomic E-state index is -3.81. The Morgan fingerprint density at radius 2 is 2.24 bits per heavy atom. The second-order valence-corrected chi connectivity index (χ2v) is 6.18. The van der Waals surface area contributed by atoms with Gasteiger partial charge in [0.05, 0.1) is 11.9 Å². The van der Waals surface area contributed by atoms with Gasteiger partial charge in [0.1, 0.15) is 12.4 Å². The molecule has 21 heavy (non-hydrogen) atoms. The number of aliphatic hydroxyl groups is 1. The fourth-order valence-electron chi connectivity index (χ4n) is 1.58. The molecule has 0 spiro atoms. The Kier molecular flexibility index (Phi) is 4.53. The summed E-state index contributed by atoms with van der Waals surface area (Å²) in [5.41, 5.74) is 0.643. The first-order chi connectivity index (χ1) is 9.92. The van der Waals surface area contributed by atoms with Crippen LogP contribution in [0.3, 0.4) is 0 Å². The molecule has 1 aromatic heterocycles. The van der Waals surface area contributed by atoms with E-state index in [1.807, 2.05) is 0 Å². The van der Waals surface area contributed by atoms with Crippen molar-refractivity contribution in [3.05, 3.63) is 40.8 Å². The molecule has 0 fully saturated rings. The highest BCUT2D eigenvalue weighted by Crippen LogP contribution is 2.23. The van der Waals surface area contributed by atoms with Crippen molar-refractivity contribution in [1.29, 1.82) is 0 Å². The number of H-pyrrole nitrogens is 1. The van der Waals surface area contributed by atoms with Crippen LogP contribution in [0.1, 0.15) is 11.4 Å². The van der Waals surface area contributed by atoms with E-state index in [0.717, 1.165) is 0 Å². The van der Waals surface area contributed by atoms with Crippen LogP contribution in [0.15, 0.2) is 29.4 Å². The van der Waals surface area contributed by atoms with E-state index in [1.165, 1.54) is 12.3 Å². The van der Waals surface area contributed by atoms with Crippen LogP contribution in [-0.4, -0.2) is 30.1 Å². The normalized spacial score (nSPS) is 10.8. The van der Waals surface area contributed by atoms with Gasteiger partial charge in [-0.1, -0.05) is 23.4 Å². The van der Waals surface area contributed by atoms with Gasteiger partial charge in [0.15, 0.2) is 5.03 Å². The maximum absolute atomic E-state index is 12.2. The van der Waals surface area contributed by atoms with Crippen LogP contribution in [0.2, 0.25) is 5.02 Å². The second-order valence-electron chi connectivity index (χ2n) is 4.09. The topological polar surface area (TPSA) is 95.1 Å². The van der Waals surface area contributed by atoms with Gasteiger partial charge >= 0.3 is 0 Å². The number of nitrogens with one attached hydrogen (secondary N) is 2. The predicted molar refractivity (Wildman–Crippen MR) is 79.5 cm³/mol. The number of sulfonamides is 1. The molecule has 2 rings (SSSR count). The summed E-state index contributed by atoms with van der Waals surface area (Å²) >= 11 is 5.88. The van der Waals surface area contributed by atoms with Crippen molar-refractivity contribution in [2.75, 3.05) is 11.3 Å². The summed E-state index contributed by atoms with van der Waals surface area (Å²) in [5.74, 6) is 5.61. The second kappa shape index (κ2) is 6.18. The van der Waals surface area contributed by atoms with Gasteiger partial charge in [0.2, 0.25) is 0 Å². The van der Waals surface area contributed by atoms with Crippen molar-refractivity contribution < 1.29 is 13.5 Å². The predicted octanol–water partition coefficient (Wildman–Crippen LogP) is 1.52. The number of aliphatic hydroxyl groups excluding tert-OH is 1. The minimum absolute atomic E-state index is 0.0546. The molecule has 0 aliphatic rings. The lowest BCUT2D eigenvalue weighted by atomic mass is 10.2. The molecule has 0 aliphatic heterocycles. The van der Waals surface area contributed by atoms with Gasteiger partial charge in [-0.2, -0.15) is 8.42 Å². The third kappa shape index (κ3) is 3.76. The summed E-state index contributed by atoms with van der Waals surface area (Å²) < 4.78 is 26.9. The Morgan fingerprint density at radius 1 is 1.48 bits per heavy atom. The number of anilines is 1. The van der Waals surface area contributed by atoms with E-state index in [9.17, 15) is 8.42 Å². The minimum Gasteiger partial charge on any atom is -0.384 e. The molecule has 0 saturated heterocycles. The van der Waals surface area contributed by atoms with Gasteiger partial charge in [-0.25, -0.2) is 4.98 Å². The Hall–Kier alpha value is -2.01. The fraction of sp³-hybridized carbons (Fsp3) is 0.154.